The standard InChI is InChI=1S/C16H19NO3/c1-3-9-16(2)10-11-17(14(16)18)15(19)20-12-13-7-5-4-6-8-13/h3-8H,1,9-12H2,2H3. The predicted molar refractivity (Wildman–Crippen MR) is 75.9 cm³/mol. The first-order valence-electron chi connectivity index (χ1n) is 6.70. The van der Waals surface area contributed by atoms with Gasteiger partial charge in [0.2, 0.25) is 5.91 Å². The lowest BCUT2D eigenvalue weighted by Gasteiger charge is -2.20. The van der Waals surface area contributed by atoms with Gasteiger partial charge in [0.1, 0.15) is 6.61 Å². The molecule has 1 aromatic carbocycles. The van der Waals surface area contributed by atoms with Crippen molar-refractivity contribution in [2.24, 2.45) is 5.41 Å². The van der Waals surface area contributed by atoms with Crippen LogP contribution in [-0.2, 0) is 16.1 Å². The summed E-state index contributed by atoms with van der Waals surface area (Å²) in [7, 11) is 0. The summed E-state index contributed by atoms with van der Waals surface area (Å²) in [5, 5.41) is 0. The van der Waals surface area contributed by atoms with Gasteiger partial charge in [0.15, 0.2) is 0 Å². The summed E-state index contributed by atoms with van der Waals surface area (Å²) in [4.78, 5) is 25.4. The Balaban J connectivity index is 1.94. The van der Waals surface area contributed by atoms with Crippen LogP contribution < -0.4 is 0 Å². The molecule has 4 nitrogen and oxygen atoms in total. The first-order valence-corrected chi connectivity index (χ1v) is 6.70. The summed E-state index contributed by atoms with van der Waals surface area (Å²) in [6, 6.07) is 9.41. The maximum Gasteiger partial charge on any atom is 0.416 e. The average molecular weight is 273 g/mol. The molecule has 1 aliphatic rings. The first kappa shape index (κ1) is 14.3. The van der Waals surface area contributed by atoms with E-state index in [1.807, 2.05) is 37.3 Å². The molecule has 1 aliphatic heterocycles. The fourth-order valence-corrected chi connectivity index (χ4v) is 2.37. The maximum atomic E-state index is 12.2. The van der Waals surface area contributed by atoms with E-state index in [-0.39, 0.29) is 12.5 Å². The number of ether oxygens (including phenoxy) is 1. The number of likely N-dealkylation sites (tertiary alicyclic amines) is 1. The van der Waals surface area contributed by atoms with Crippen molar-refractivity contribution in [1.82, 2.24) is 4.90 Å². The minimum atomic E-state index is -0.563. The SMILES string of the molecule is C=CCC1(C)CCN(C(=O)OCc2ccccc2)C1=O. The molecule has 4 heteroatoms. The van der Waals surface area contributed by atoms with Gasteiger partial charge in [-0.3, -0.25) is 4.79 Å². The lowest BCUT2D eigenvalue weighted by Crippen LogP contribution is -2.37. The third kappa shape index (κ3) is 2.90. The van der Waals surface area contributed by atoms with E-state index < -0.39 is 11.5 Å². The van der Waals surface area contributed by atoms with Crippen LogP contribution in [-0.4, -0.2) is 23.4 Å². The first-order chi connectivity index (χ1) is 9.57. The lowest BCUT2D eigenvalue weighted by atomic mass is 9.85. The van der Waals surface area contributed by atoms with Crippen LogP contribution in [0.5, 0.6) is 0 Å². The Morgan fingerprint density at radius 1 is 1.45 bits per heavy atom. The highest BCUT2D eigenvalue weighted by molar-refractivity contribution is 5.97. The second-order valence-electron chi connectivity index (χ2n) is 5.30. The maximum absolute atomic E-state index is 12.2. The zero-order chi connectivity index (χ0) is 14.6. The van der Waals surface area contributed by atoms with Crippen molar-refractivity contribution in [3.8, 4) is 0 Å². The number of allylic oxidation sites excluding steroid dienone is 1. The van der Waals surface area contributed by atoms with Crippen molar-refractivity contribution in [2.75, 3.05) is 6.54 Å². The number of imide groups is 1. The number of rotatable bonds is 4. The number of carbonyl (C=O) groups excluding carboxylic acids is 2. The van der Waals surface area contributed by atoms with E-state index in [1.54, 1.807) is 6.08 Å². The van der Waals surface area contributed by atoms with Gasteiger partial charge in [0.25, 0.3) is 0 Å². The molecule has 1 atom stereocenters. The molecule has 1 saturated heterocycles. The molecule has 2 amide bonds. The van der Waals surface area contributed by atoms with E-state index in [4.69, 9.17) is 4.74 Å². The van der Waals surface area contributed by atoms with Gasteiger partial charge in [-0.2, -0.15) is 0 Å². The second-order valence-corrected chi connectivity index (χ2v) is 5.30. The summed E-state index contributed by atoms with van der Waals surface area (Å²) in [5.41, 5.74) is 0.384. The Morgan fingerprint density at radius 2 is 2.15 bits per heavy atom. The second kappa shape index (κ2) is 5.90. The molecule has 0 aliphatic carbocycles. The van der Waals surface area contributed by atoms with Crippen molar-refractivity contribution < 1.29 is 14.3 Å². The normalized spacial score (nSPS) is 21.9. The van der Waals surface area contributed by atoms with E-state index in [0.717, 1.165) is 5.56 Å². The molecule has 20 heavy (non-hydrogen) atoms. The van der Waals surface area contributed by atoms with Crippen molar-refractivity contribution in [1.29, 1.82) is 0 Å². The minimum absolute atomic E-state index is 0.171. The third-order valence-corrected chi connectivity index (χ3v) is 3.67. The number of hydrogen-bond donors (Lipinski definition) is 0. The van der Waals surface area contributed by atoms with Crippen molar-refractivity contribution >= 4 is 12.0 Å². The zero-order valence-electron chi connectivity index (χ0n) is 11.7. The number of benzene rings is 1. The molecule has 106 valence electrons. The number of carbonyl (C=O) groups is 2. The minimum Gasteiger partial charge on any atom is -0.444 e. The van der Waals surface area contributed by atoms with Gasteiger partial charge >= 0.3 is 6.09 Å². The summed E-state index contributed by atoms with van der Waals surface area (Å²) in [5.74, 6) is -0.171. The monoisotopic (exact) mass is 273 g/mol. The summed E-state index contributed by atoms with van der Waals surface area (Å²) in [6.07, 6.45) is 2.38. The van der Waals surface area contributed by atoms with Crippen LogP contribution in [0.3, 0.4) is 0 Å². The van der Waals surface area contributed by atoms with Gasteiger partial charge in [-0.25, -0.2) is 9.69 Å². The molecule has 0 aromatic heterocycles. The van der Waals surface area contributed by atoms with Crippen molar-refractivity contribution in [2.45, 2.75) is 26.4 Å². The topological polar surface area (TPSA) is 46.6 Å². The van der Waals surface area contributed by atoms with Gasteiger partial charge in [0, 0.05) is 6.54 Å². The van der Waals surface area contributed by atoms with Crippen LogP contribution in [0.2, 0.25) is 0 Å². The summed E-state index contributed by atoms with van der Waals surface area (Å²) < 4.78 is 5.19. The van der Waals surface area contributed by atoms with Crippen LogP contribution in [0, 0.1) is 5.41 Å². The highest BCUT2D eigenvalue weighted by Crippen LogP contribution is 2.35. The zero-order valence-corrected chi connectivity index (χ0v) is 11.7. The van der Waals surface area contributed by atoms with Crippen LogP contribution in [0.15, 0.2) is 43.0 Å². The molecule has 0 N–H and O–H groups in total. The van der Waals surface area contributed by atoms with E-state index in [0.29, 0.717) is 19.4 Å². The van der Waals surface area contributed by atoms with Gasteiger partial charge < -0.3 is 4.74 Å². The van der Waals surface area contributed by atoms with E-state index in [1.165, 1.54) is 4.90 Å². The Labute approximate surface area is 119 Å². The Morgan fingerprint density at radius 3 is 2.80 bits per heavy atom. The van der Waals surface area contributed by atoms with Crippen LogP contribution >= 0.6 is 0 Å². The average Bonchev–Trinajstić information content (AvgIpc) is 2.74. The fourth-order valence-electron chi connectivity index (χ4n) is 2.37. The molecular formula is C16H19NO3. The summed E-state index contributed by atoms with van der Waals surface area (Å²) >= 11 is 0. The Kier molecular flexibility index (Phi) is 4.23. The molecular weight excluding hydrogens is 254 g/mol. The number of nitrogens with zero attached hydrogens (tertiary/aromatic N) is 1. The molecule has 1 heterocycles. The van der Waals surface area contributed by atoms with Crippen LogP contribution in [0.4, 0.5) is 4.79 Å². The largest absolute Gasteiger partial charge is 0.444 e. The van der Waals surface area contributed by atoms with E-state index in [9.17, 15) is 9.59 Å². The number of amides is 2. The van der Waals surface area contributed by atoms with Gasteiger partial charge in [-0.1, -0.05) is 43.3 Å². The Hall–Kier alpha value is -2.10. The number of hydrogen-bond acceptors (Lipinski definition) is 3. The highest BCUT2D eigenvalue weighted by Gasteiger charge is 2.44. The molecule has 0 radical (unpaired) electrons. The molecule has 1 fully saturated rings. The molecule has 1 aromatic rings. The van der Waals surface area contributed by atoms with Crippen LogP contribution in [0.1, 0.15) is 25.3 Å². The molecule has 1 unspecified atom stereocenters. The predicted octanol–water partition coefficient (Wildman–Crippen LogP) is 3.14. The Bertz CT molecular complexity index is 512. The molecule has 2 rings (SSSR count). The summed E-state index contributed by atoms with van der Waals surface area (Å²) in [6.45, 7) is 6.12. The molecule has 0 spiro atoms. The molecule has 0 saturated carbocycles. The quantitative estimate of drug-likeness (QED) is 0.792. The van der Waals surface area contributed by atoms with Crippen molar-refractivity contribution in [3.05, 3.63) is 48.6 Å². The molecule has 0 bridgehead atoms. The van der Waals surface area contributed by atoms with Crippen LogP contribution in [0.25, 0.3) is 0 Å². The van der Waals surface area contributed by atoms with Gasteiger partial charge in [-0.15, -0.1) is 6.58 Å². The smallest absolute Gasteiger partial charge is 0.416 e. The lowest BCUT2D eigenvalue weighted by molar-refractivity contribution is -0.133. The van der Waals surface area contributed by atoms with E-state index >= 15 is 0 Å². The highest BCUT2D eigenvalue weighted by atomic mass is 16.6. The fraction of sp³-hybridized carbons (Fsp3) is 0.375. The van der Waals surface area contributed by atoms with Gasteiger partial charge in [0.05, 0.1) is 5.41 Å². The van der Waals surface area contributed by atoms with Crippen molar-refractivity contribution in [3.63, 3.8) is 0 Å². The van der Waals surface area contributed by atoms with Gasteiger partial charge in [-0.05, 0) is 18.4 Å². The third-order valence-electron chi connectivity index (χ3n) is 3.67. The van der Waals surface area contributed by atoms with E-state index in [2.05, 4.69) is 6.58 Å².